The van der Waals surface area contributed by atoms with E-state index in [1.165, 1.54) is 0 Å². The van der Waals surface area contributed by atoms with Crippen LogP contribution in [0.15, 0.2) is 18.2 Å². The molecular weight excluding hydrogens is 290 g/mol. The van der Waals surface area contributed by atoms with Crippen LogP contribution in [0.1, 0.15) is 37.0 Å². The maximum atomic E-state index is 9.27. The highest BCUT2D eigenvalue weighted by atomic mass is 16.3. The number of aliphatic hydroxyl groups excluding tert-OH is 1. The van der Waals surface area contributed by atoms with Gasteiger partial charge in [0.25, 0.3) is 0 Å². The minimum atomic E-state index is 0.0274. The molecule has 0 aliphatic heterocycles. The van der Waals surface area contributed by atoms with Gasteiger partial charge in [-0.05, 0) is 32.0 Å². The van der Waals surface area contributed by atoms with E-state index in [0.717, 1.165) is 39.6 Å². The van der Waals surface area contributed by atoms with Crippen LogP contribution in [0, 0.1) is 13.8 Å². The number of hydrogen-bond donors (Lipinski definition) is 1. The maximum Gasteiger partial charge on any atom is 0.158 e. The average molecular weight is 311 g/mol. The summed E-state index contributed by atoms with van der Waals surface area (Å²) in [5.74, 6) is 1.77. The van der Waals surface area contributed by atoms with Crippen molar-refractivity contribution in [2.45, 2.75) is 40.2 Å². The minimum absolute atomic E-state index is 0.0274. The van der Waals surface area contributed by atoms with E-state index in [1.54, 1.807) is 4.68 Å². The molecule has 3 rings (SSSR count). The summed E-state index contributed by atoms with van der Waals surface area (Å²) in [4.78, 5) is 13.8. The molecule has 0 bridgehead atoms. The molecule has 2 aromatic heterocycles. The fraction of sp³-hybridized carbons (Fsp3) is 0.412. The Morgan fingerprint density at radius 2 is 1.74 bits per heavy atom. The van der Waals surface area contributed by atoms with Crippen molar-refractivity contribution in [2.24, 2.45) is 0 Å². The highest BCUT2D eigenvalue weighted by Crippen LogP contribution is 2.24. The second kappa shape index (κ2) is 6.04. The first-order valence-electron chi connectivity index (χ1n) is 7.80. The lowest BCUT2D eigenvalue weighted by atomic mass is 10.1. The van der Waals surface area contributed by atoms with Crippen LogP contribution in [-0.2, 0) is 6.54 Å². The topological polar surface area (TPSA) is 76.7 Å². The Morgan fingerprint density at radius 3 is 2.39 bits per heavy atom. The Hall–Kier alpha value is -2.34. The van der Waals surface area contributed by atoms with E-state index in [4.69, 9.17) is 0 Å². The number of aromatic nitrogens is 5. The molecule has 23 heavy (non-hydrogen) atoms. The van der Waals surface area contributed by atoms with E-state index >= 15 is 0 Å². The highest BCUT2D eigenvalue weighted by Gasteiger charge is 2.15. The summed E-state index contributed by atoms with van der Waals surface area (Å²) < 4.78 is 1.75. The van der Waals surface area contributed by atoms with Gasteiger partial charge in [-0.3, -0.25) is 0 Å². The van der Waals surface area contributed by atoms with Crippen molar-refractivity contribution in [1.82, 2.24) is 24.7 Å². The zero-order valence-corrected chi connectivity index (χ0v) is 13.9. The van der Waals surface area contributed by atoms with Crippen molar-refractivity contribution in [2.75, 3.05) is 6.61 Å². The molecular formula is C17H21N5O. The number of aryl methyl sites for hydroxylation is 2. The van der Waals surface area contributed by atoms with Gasteiger partial charge in [0.05, 0.1) is 35.6 Å². The molecule has 0 aliphatic rings. The molecule has 1 aromatic carbocycles. The molecule has 0 radical (unpaired) electrons. The Bertz CT molecular complexity index is 854. The SMILES string of the molecule is Cc1nc2ccc(-c3nc(C(C)C)nn3CCO)cc2nc1C. The summed E-state index contributed by atoms with van der Waals surface area (Å²) >= 11 is 0. The van der Waals surface area contributed by atoms with Gasteiger partial charge in [-0.25, -0.2) is 19.6 Å². The van der Waals surface area contributed by atoms with Crippen LogP contribution < -0.4 is 0 Å². The quantitative estimate of drug-likeness (QED) is 0.801. The second-order valence-electron chi connectivity index (χ2n) is 5.99. The van der Waals surface area contributed by atoms with Crippen molar-refractivity contribution in [1.29, 1.82) is 0 Å². The third kappa shape index (κ3) is 2.94. The van der Waals surface area contributed by atoms with Crippen LogP contribution in [-0.4, -0.2) is 36.4 Å². The van der Waals surface area contributed by atoms with E-state index in [1.807, 2.05) is 32.0 Å². The number of nitrogens with zero attached hydrogens (tertiary/aromatic N) is 5. The standard InChI is InChI=1S/C17H21N5O/c1-10(2)16-20-17(22(21-16)7-8-23)13-5-6-14-15(9-13)19-12(4)11(3)18-14/h5-6,9-10,23H,7-8H2,1-4H3. The van der Waals surface area contributed by atoms with Crippen LogP contribution >= 0.6 is 0 Å². The molecule has 0 saturated heterocycles. The summed E-state index contributed by atoms with van der Waals surface area (Å²) in [6.07, 6.45) is 0. The summed E-state index contributed by atoms with van der Waals surface area (Å²) in [6.45, 7) is 8.48. The predicted molar refractivity (Wildman–Crippen MR) is 89.2 cm³/mol. The molecule has 0 amide bonds. The summed E-state index contributed by atoms with van der Waals surface area (Å²) in [7, 11) is 0. The third-order valence-electron chi connectivity index (χ3n) is 3.85. The summed E-state index contributed by atoms with van der Waals surface area (Å²) in [5, 5.41) is 13.8. The van der Waals surface area contributed by atoms with Crippen molar-refractivity contribution in [3.05, 3.63) is 35.4 Å². The molecule has 2 heterocycles. The average Bonchev–Trinajstić information content (AvgIpc) is 2.93. The van der Waals surface area contributed by atoms with Gasteiger partial charge in [-0.2, -0.15) is 5.10 Å². The van der Waals surface area contributed by atoms with Crippen LogP contribution in [0.2, 0.25) is 0 Å². The zero-order valence-electron chi connectivity index (χ0n) is 13.9. The monoisotopic (exact) mass is 311 g/mol. The van der Waals surface area contributed by atoms with Gasteiger partial charge in [0.2, 0.25) is 0 Å². The van der Waals surface area contributed by atoms with Gasteiger partial charge in [0, 0.05) is 11.5 Å². The van der Waals surface area contributed by atoms with Crippen molar-refractivity contribution < 1.29 is 5.11 Å². The molecule has 0 unspecified atom stereocenters. The molecule has 1 N–H and O–H groups in total. The first-order valence-corrected chi connectivity index (χ1v) is 7.80. The summed E-state index contributed by atoms with van der Waals surface area (Å²) in [6, 6.07) is 5.92. The lowest BCUT2D eigenvalue weighted by Gasteiger charge is -2.06. The van der Waals surface area contributed by atoms with E-state index in [2.05, 4.69) is 33.9 Å². The Morgan fingerprint density at radius 1 is 1.04 bits per heavy atom. The molecule has 0 spiro atoms. The maximum absolute atomic E-state index is 9.27. The molecule has 0 atom stereocenters. The Kier molecular flexibility index (Phi) is 4.09. The number of rotatable bonds is 4. The molecule has 3 aromatic rings. The fourth-order valence-electron chi connectivity index (χ4n) is 2.44. The van der Waals surface area contributed by atoms with Crippen LogP contribution in [0.3, 0.4) is 0 Å². The molecule has 0 aliphatic carbocycles. The van der Waals surface area contributed by atoms with Gasteiger partial charge in [-0.15, -0.1) is 0 Å². The highest BCUT2D eigenvalue weighted by molar-refractivity contribution is 5.80. The Balaban J connectivity index is 2.14. The smallest absolute Gasteiger partial charge is 0.158 e. The molecule has 6 heteroatoms. The predicted octanol–water partition coefficient (Wildman–Crippen LogP) is 2.62. The first kappa shape index (κ1) is 15.6. The summed E-state index contributed by atoms with van der Waals surface area (Å²) in [5.41, 5.74) is 4.51. The van der Waals surface area contributed by atoms with Gasteiger partial charge in [0.15, 0.2) is 11.6 Å². The normalized spacial score (nSPS) is 11.6. The van der Waals surface area contributed by atoms with E-state index in [9.17, 15) is 5.11 Å². The molecule has 120 valence electrons. The minimum Gasteiger partial charge on any atom is -0.394 e. The van der Waals surface area contributed by atoms with Gasteiger partial charge in [0.1, 0.15) is 0 Å². The number of fused-ring (bicyclic) bond motifs is 1. The molecule has 0 saturated carbocycles. The third-order valence-corrected chi connectivity index (χ3v) is 3.85. The molecule has 6 nitrogen and oxygen atoms in total. The van der Waals surface area contributed by atoms with Crippen LogP contribution in [0.25, 0.3) is 22.4 Å². The number of benzene rings is 1. The van der Waals surface area contributed by atoms with Crippen LogP contribution in [0.4, 0.5) is 0 Å². The van der Waals surface area contributed by atoms with Gasteiger partial charge < -0.3 is 5.11 Å². The lowest BCUT2D eigenvalue weighted by Crippen LogP contribution is -2.06. The zero-order chi connectivity index (χ0) is 16.6. The van der Waals surface area contributed by atoms with Crippen molar-refractivity contribution >= 4 is 11.0 Å². The van der Waals surface area contributed by atoms with Crippen LogP contribution in [0.5, 0.6) is 0 Å². The van der Waals surface area contributed by atoms with E-state index in [0.29, 0.717) is 6.54 Å². The van der Waals surface area contributed by atoms with Crippen molar-refractivity contribution in [3.63, 3.8) is 0 Å². The van der Waals surface area contributed by atoms with E-state index in [-0.39, 0.29) is 12.5 Å². The second-order valence-corrected chi connectivity index (χ2v) is 5.99. The number of hydrogen-bond acceptors (Lipinski definition) is 5. The fourth-order valence-corrected chi connectivity index (χ4v) is 2.44. The largest absolute Gasteiger partial charge is 0.394 e. The van der Waals surface area contributed by atoms with Gasteiger partial charge >= 0.3 is 0 Å². The Labute approximate surface area is 135 Å². The molecule has 0 fully saturated rings. The number of aliphatic hydroxyl groups is 1. The first-order chi connectivity index (χ1) is 11.0. The van der Waals surface area contributed by atoms with Crippen molar-refractivity contribution in [3.8, 4) is 11.4 Å². The lowest BCUT2D eigenvalue weighted by molar-refractivity contribution is 0.269. The van der Waals surface area contributed by atoms with Gasteiger partial charge in [-0.1, -0.05) is 13.8 Å². The van der Waals surface area contributed by atoms with E-state index < -0.39 is 0 Å².